The Hall–Kier alpha value is -2.64. The van der Waals surface area contributed by atoms with Gasteiger partial charge in [-0.15, -0.1) is 0 Å². The molecule has 4 heteroatoms. The first-order valence-corrected chi connectivity index (χ1v) is 8.32. The molecule has 0 radical (unpaired) electrons. The molecule has 3 rings (SSSR count). The number of rotatable bonds is 4. The van der Waals surface area contributed by atoms with Gasteiger partial charge in [0.25, 0.3) is 5.91 Å². The largest absolute Gasteiger partial charge is 0.348 e. The van der Waals surface area contributed by atoms with Gasteiger partial charge in [-0.1, -0.05) is 30.3 Å². The fourth-order valence-electron chi connectivity index (χ4n) is 3.12. The van der Waals surface area contributed by atoms with Crippen LogP contribution in [-0.2, 0) is 6.54 Å². The first-order valence-electron chi connectivity index (χ1n) is 8.32. The second kappa shape index (κ2) is 7.76. The van der Waals surface area contributed by atoms with Crippen LogP contribution in [0.1, 0.15) is 34.3 Å². The van der Waals surface area contributed by atoms with E-state index in [9.17, 15) is 4.79 Å². The molecule has 4 nitrogen and oxygen atoms in total. The smallest absolute Gasteiger partial charge is 0.251 e. The van der Waals surface area contributed by atoms with Crippen molar-refractivity contribution in [2.75, 3.05) is 13.1 Å². The van der Waals surface area contributed by atoms with Gasteiger partial charge in [0.05, 0.1) is 11.6 Å². The van der Waals surface area contributed by atoms with Gasteiger partial charge in [-0.2, -0.15) is 5.26 Å². The van der Waals surface area contributed by atoms with Crippen LogP contribution in [0.2, 0.25) is 0 Å². The van der Waals surface area contributed by atoms with Crippen LogP contribution in [-0.4, -0.2) is 29.9 Å². The third-order valence-electron chi connectivity index (χ3n) is 4.37. The highest BCUT2D eigenvalue weighted by molar-refractivity contribution is 5.94. The Morgan fingerprint density at radius 3 is 2.62 bits per heavy atom. The maximum atomic E-state index is 12.4. The van der Waals surface area contributed by atoms with Crippen molar-refractivity contribution in [2.45, 2.75) is 25.4 Å². The molecule has 0 aliphatic carbocycles. The third-order valence-corrected chi connectivity index (χ3v) is 4.37. The molecule has 1 amide bonds. The number of nitrogens with zero attached hydrogens (tertiary/aromatic N) is 2. The summed E-state index contributed by atoms with van der Waals surface area (Å²) in [7, 11) is 0. The first kappa shape index (κ1) is 16.2. The van der Waals surface area contributed by atoms with Crippen LogP contribution in [0.4, 0.5) is 0 Å². The molecule has 1 saturated heterocycles. The summed E-state index contributed by atoms with van der Waals surface area (Å²) in [6.45, 7) is 2.86. The average Bonchev–Trinajstić information content (AvgIpc) is 2.63. The molecular weight excluding hydrogens is 298 g/mol. The summed E-state index contributed by atoms with van der Waals surface area (Å²) in [6, 6.07) is 19.4. The SMILES string of the molecule is N#Cc1ccc(C(=O)N[C@@H]2CCCN(Cc3ccccc3)C2)cc1. The summed E-state index contributed by atoms with van der Waals surface area (Å²) >= 11 is 0. The van der Waals surface area contributed by atoms with E-state index in [1.54, 1.807) is 24.3 Å². The van der Waals surface area contributed by atoms with E-state index in [0.29, 0.717) is 11.1 Å². The van der Waals surface area contributed by atoms with E-state index in [1.807, 2.05) is 6.07 Å². The lowest BCUT2D eigenvalue weighted by atomic mass is 10.0. The Balaban J connectivity index is 1.56. The maximum absolute atomic E-state index is 12.4. The van der Waals surface area contributed by atoms with Gasteiger partial charge in [-0.3, -0.25) is 9.69 Å². The molecule has 1 aliphatic rings. The maximum Gasteiger partial charge on any atom is 0.251 e. The number of hydrogen-bond acceptors (Lipinski definition) is 3. The number of benzene rings is 2. The standard InChI is InChI=1S/C20H21N3O/c21-13-16-8-10-18(11-9-16)20(24)22-19-7-4-12-23(15-19)14-17-5-2-1-3-6-17/h1-3,5-6,8-11,19H,4,7,12,14-15H2,(H,22,24)/t19-/m1/s1. The van der Waals surface area contributed by atoms with Crippen LogP contribution in [0.5, 0.6) is 0 Å². The summed E-state index contributed by atoms with van der Waals surface area (Å²) in [5, 5.41) is 11.9. The van der Waals surface area contributed by atoms with Gasteiger partial charge >= 0.3 is 0 Å². The zero-order valence-corrected chi connectivity index (χ0v) is 13.6. The van der Waals surface area contributed by atoms with Crippen LogP contribution in [0.3, 0.4) is 0 Å². The number of amides is 1. The summed E-state index contributed by atoms with van der Waals surface area (Å²) < 4.78 is 0. The molecule has 24 heavy (non-hydrogen) atoms. The molecule has 0 aromatic heterocycles. The normalized spacial score (nSPS) is 17.9. The van der Waals surface area contributed by atoms with Crippen molar-refractivity contribution in [3.8, 4) is 6.07 Å². The van der Waals surface area contributed by atoms with E-state index in [4.69, 9.17) is 5.26 Å². The quantitative estimate of drug-likeness (QED) is 0.942. The number of likely N-dealkylation sites (tertiary alicyclic amines) is 1. The van der Waals surface area contributed by atoms with Crippen molar-refractivity contribution >= 4 is 5.91 Å². The highest BCUT2D eigenvalue weighted by Crippen LogP contribution is 2.14. The molecule has 1 heterocycles. The molecule has 0 saturated carbocycles. The van der Waals surface area contributed by atoms with Gasteiger partial charge in [-0.25, -0.2) is 0 Å². The zero-order valence-electron chi connectivity index (χ0n) is 13.6. The van der Waals surface area contributed by atoms with Crippen LogP contribution in [0.25, 0.3) is 0 Å². The highest BCUT2D eigenvalue weighted by atomic mass is 16.1. The van der Waals surface area contributed by atoms with Crippen molar-refractivity contribution in [2.24, 2.45) is 0 Å². The number of nitrogens with one attached hydrogen (secondary N) is 1. The van der Waals surface area contributed by atoms with Crippen molar-refractivity contribution in [1.82, 2.24) is 10.2 Å². The lowest BCUT2D eigenvalue weighted by Gasteiger charge is -2.33. The molecule has 122 valence electrons. The molecule has 2 aromatic rings. The van der Waals surface area contributed by atoms with E-state index in [1.165, 1.54) is 5.56 Å². The number of nitriles is 1. The van der Waals surface area contributed by atoms with Gasteiger partial charge in [0.15, 0.2) is 0 Å². The van der Waals surface area contributed by atoms with Gasteiger partial charge in [0.1, 0.15) is 0 Å². The monoisotopic (exact) mass is 319 g/mol. The number of carbonyl (C=O) groups excluding carboxylic acids is 1. The van der Waals surface area contributed by atoms with Crippen molar-refractivity contribution < 1.29 is 4.79 Å². The molecule has 1 atom stereocenters. The predicted octanol–water partition coefficient (Wildman–Crippen LogP) is 2.95. The van der Waals surface area contributed by atoms with E-state index < -0.39 is 0 Å². The summed E-state index contributed by atoms with van der Waals surface area (Å²) in [5.41, 5.74) is 2.48. The molecule has 1 N–H and O–H groups in total. The van der Waals surface area contributed by atoms with Crippen LogP contribution < -0.4 is 5.32 Å². The minimum Gasteiger partial charge on any atom is -0.348 e. The molecule has 2 aromatic carbocycles. The van der Waals surface area contributed by atoms with Gasteiger partial charge in [0.2, 0.25) is 0 Å². The summed E-state index contributed by atoms with van der Waals surface area (Å²) in [6.07, 6.45) is 2.10. The van der Waals surface area contributed by atoms with E-state index in [2.05, 4.69) is 40.6 Å². The van der Waals surface area contributed by atoms with Crippen LogP contribution in [0, 0.1) is 11.3 Å². The highest BCUT2D eigenvalue weighted by Gasteiger charge is 2.21. The molecule has 0 bridgehead atoms. The van der Waals surface area contributed by atoms with E-state index in [-0.39, 0.29) is 11.9 Å². The Morgan fingerprint density at radius 1 is 1.17 bits per heavy atom. The zero-order chi connectivity index (χ0) is 16.8. The Bertz CT molecular complexity index is 719. The van der Waals surface area contributed by atoms with Crippen molar-refractivity contribution in [3.63, 3.8) is 0 Å². The summed E-state index contributed by atoms with van der Waals surface area (Å²) in [5.74, 6) is -0.0638. The molecule has 0 unspecified atom stereocenters. The second-order valence-corrected chi connectivity index (χ2v) is 6.22. The van der Waals surface area contributed by atoms with E-state index in [0.717, 1.165) is 32.5 Å². The minimum absolute atomic E-state index is 0.0638. The van der Waals surface area contributed by atoms with Crippen LogP contribution >= 0.6 is 0 Å². The van der Waals surface area contributed by atoms with Crippen LogP contribution in [0.15, 0.2) is 54.6 Å². The number of piperidine rings is 1. The Morgan fingerprint density at radius 2 is 1.92 bits per heavy atom. The minimum atomic E-state index is -0.0638. The number of hydrogen-bond donors (Lipinski definition) is 1. The topological polar surface area (TPSA) is 56.1 Å². The first-order chi connectivity index (χ1) is 11.7. The summed E-state index contributed by atoms with van der Waals surface area (Å²) in [4.78, 5) is 14.8. The third kappa shape index (κ3) is 4.21. The van der Waals surface area contributed by atoms with Crippen molar-refractivity contribution in [1.29, 1.82) is 5.26 Å². The predicted molar refractivity (Wildman–Crippen MR) is 93.4 cm³/mol. The van der Waals surface area contributed by atoms with Gasteiger partial charge in [-0.05, 0) is 49.2 Å². The lowest BCUT2D eigenvalue weighted by molar-refractivity contribution is 0.0901. The molecule has 1 fully saturated rings. The molecular formula is C20H21N3O. The van der Waals surface area contributed by atoms with Gasteiger partial charge in [0, 0.05) is 24.7 Å². The van der Waals surface area contributed by atoms with Gasteiger partial charge < -0.3 is 5.32 Å². The Kier molecular flexibility index (Phi) is 5.25. The molecule has 1 aliphatic heterocycles. The average molecular weight is 319 g/mol. The van der Waals surface area contributed by atoms with E-state index >= 15 is 0 Å². The fraction of sp³-hybridized carbons (Fsp3) is 0.300. The van der Waals surface area contributed by atoms with Crippen molar-refractivity contribution in [3.05, 3.63) is 71.3 Å². The number of carbonyl (C=O) groups is 1. The fourth-order valence-corrected chi connectivity index (χ4v) is 3.12. The Labute approximate surface area is 142 Å². The second-order valence-electron chi connectivity index (χ2n) is 6.22. The lowest BCUT2D eigenvalue weighted by Crippen LogP contribution is -2.47. The molecule has 0 spiro atoms.